The summed E-state index contributed by atoms with van der Waals surface area (Å²) >= 11 is 1.46. The first-order valence-electron chi connectivity index (χ1n) is 8.32. The lowest BCUT2D eigenvalue weighted by atomic mass is 10.1. The maximum Gasteiger partial charge on any atom is 0.276 e. The number of thiophene rings is 1. The summed E-state index contributed by atoms with van der Waals surface area (Å²) < 4.78 is 0. The lowest BCUT2D eigenvalue weighted by Gasteiger charge is -2.37. The quantitative estimate of drug-likeness (QED) is 0.520. The highest BCUT2D eigenvalue weighted by atomic mass is 32.1. The van der Waals surface area contributed by atoms with Crippen molar-refractivity contribution in [3.63, 3.8) is 0 Å². The number of nitro benzene ring substituents is 1. The molecule has 0 aliphatic carbocycles. The Balaban J connectivity index is 1.64. The van der Waals surface area contributed by atoms with Crippen molar-refractivity contribution in [2.75, 3.05) is 5.32 Å². The summed E-state index contributed by atoms with van der Waals surface area (Å²) in [6, 6.07) is 16.0. The average Bonchev–Trinajstić information content (AvgIpc) is 3.24. The number of non-ortho nitro benzene ring substituents is 1. The van der Waals surface area contributed by atoms with E-state index in [9.17, 15) is 19.7 Å². The number of hydrogen-bond acceptors (Lipinski definition) is 6. The molecule has 0 fully saturated rings. The average molecular weight is 394 g/mol. The van der Waals surface area contributed by atoms with E-state index in [1.807, 2.05) is 29.6 Å². The third-order valence-electron chi connectivity index (χ3n) is 4.30. The van der Waals surface area contributed by atoms with Gasteiger partial charge in [0.25, 0.3) is 17.5 Å². The molecule has 4 rings (SSSR count). The normalized spacial score (nSPS) is 15.5. The van der Waals surface area contributed by atoms with E-state index >= 15 is 0 Å². The lowest BCUT2D eigenvalue weighted by Crippen LogP contribution is -2.52. The highest BCUT2D eigenvalue weighted by Crippen LogP contribution is 2.33. The largest absolute Gasteiger partial charge is 0.359 e. The number of para-hydroxylation sites is 1. The number of nitro groups is 1. The molecule has 0 saturated carbocycles. The number of fused-ring (bicyclic) bond motifs is 1. The van der Waals surface area contributed by atoms with Crippen LogP contribution in [0, 0.1) is 10.1 Å². The molecule has 2 heterocycles. The zero-order chi connectivity index (χ0) is 19.7. The van der Waals surface area contributed by atoms with E-state index in [1.54, 1.807) is 12.1 Å². The number of rotatable bonds is 4. The fourth-order valence-corrected chi connectivity index (χ4v) is 3.69. The number of carbonyl (C=O) groups is 2. The molecule has 2 aromatic carbocycles. The maximum absolute atomic E-state index is 13.0. The Bertz CT molecular complexity index is 1050. The topological polar surface area (TPSA) is 105 Å². The smallest absolute Gasteiger partial charge is 0.276 e. The molecule has 1 atom stereocenters. The summed E-state index contributed by atoms with van der Waals surface area (Å²) in [4.78, 5) is 36.8. The molecule has 28 heavy (non-hydrogen) atoms. The summed E-state index contributed by atoms with van der Waals surface area (Å²) in [5.41, 5.74) is 3.86. The molecule has 0 bridgehead atoms. The standard InChI is InChI=1S/C19H14N4O4S/c24-18(12-7-9-13(10-8-12)23(26)27)21-22-17(16-6-3-11-28-16)20-15-5-2-1-4-14(15)19(22)25/h1-11,17,20H,(H,21,24). The predicted molar refractivity (Wildman–Crippen MR) is 104 cm³/mol. The molecular formula is C19H14N4O4S. The van der Waals surface area contributed by atoms with Gasteiger partial charge in [-0.25, -0.2) is 5.01 Å². The van der Waals surface area contributed by atoms with Gasteiger partial charge in [-0.1, -0.05) is 18.2 Å². The summed E-state index contributed by atoms with van der Waals surface area (Å²) in [5.74, 6) is -0.881. The van der Waals surface area contributed by atoms with Gasteiger partial charge >= 0.3 is 0 Å². The van der Waals surface area contributed by atoms with Crippen LogP contribution >= 0.6 is 11.3 Å². The van der Waals surface area contributed by atoms with Gasteiger partial charge in [0.05, 0.1) is 10.5 Å². The van der Waals surface area contributed by atoms with Gasteiger partial charge < -0.3 is 5.32 Å². The van der Waals surface area contributed by atoms with Crippen molar-refractivity contribution >= 4 is 34.5 Å². The summed E-state index contributed by atoms with van der Waals surface area (Å²) in [7, 11) is 0. The first kappa shape index (κ1) is 17.7. The molecule has 1 aromatic heterocycles. The minimum absolute atomic E-state index is 0.113. The highest BCUT2D eigenvalue weighted by Gasteiger charge is 2.34. The van der Waals surface area contributed by atoms with Crippen molar-refractivity contribution in [3.8, 4) is 0 Å². The van der Waals surface area contributed by atoms with Crippen LogP contribution in [0.25, 0.3) is 0 Å². The van der Waals surface area contributed by atoms with E-state index in [1.165, 1.54) is 40.6 Å². The number of carbonyl (C=O) groups excluding carboxylic acids is 2. The Morgan fingerprint density at radius 2 is 1.86 bits per heavy atom. The first-order chi connectivity index (χ1) is 13.5. The maximum atomic E-state index is 13.0. The molecular weight excluding hydrogens is 380 g/mol. The van der Waals surface area contributed by atoms with E-state index in [2.05, 4.69) is 10.7 Å². The van der Waals surface area contributed by atoms with Crippen molar-refractivity contribution in [1.29, 1.82) is 0 Å². The molecule has 1 unspecified atom stereocenters. The Morgan fingerprint density at radius 3 is 2.54 bits per heavy atom. The number of nitrogens with zero attached hydrogens (tertiary/aromatic N) is 2. The lowest BCUT2D eigenvalue weighted by molar-refractivity contribution is -0.384. The second kappa shape index (κ2) is 7.12. The molecule has 0 saturated heterocycles. The van der Waals surface area contributed by atoms with Crippen LogP contribution in [0.2, 0.25) is 0 Å². The van der Waals surface area contributed by atoms with Gasteiger partial charge in [0.15, 0.2) is 6.17 Å². The number of nitrogens with one attached hydrogen (secondary N) is 2. The van der Waals surface area contributed by atoms with Crippen LogP contribution < -0.4 is 10.7 Å². The molecule has 2 N–H and O–H groups in total. The number of benzene rings is 2. The fourth-order valence-electron chi connectivity index (χ4n) is 2.92. The molecule has 1 aliphatic rings. The van der Waals surface area contributed by atoms with Crippen LogP contribution in [0.3, 0.4) is 0 Å². The minimum atomic E-state index is -0.565. The molecule has 3 aromatic rings. The van der Waals surface area contributed by atoms with Crippen LogP contribution in [0.1, 0.15) is 31.8 Å². The Morgan fingerprint density at radius 1 is 1.11 bits per heavy atom. The minimum Gasteiger partial charge on any atom is -0.359 e. The van der Waals surface area contributed by atoms with Crippen LogP contribution in [0.4, 0.5) is 11.4 Å². The Hall–Kier alpha value is -3.72. The predicted octanol–water partition coefficient (Wildman–Crippen LogP) is 3.57. The van der Waals surface area contributed by atoms with Crippen LogP contribution in [-0.2, 0) is 0 Å². The third kappa shape index (κ3) is 3.19. The van der Waals surface area contributed by atoms with E-state index < -0.39 is 17.0 Å². The molecule has 0 radical (unpaired) electrons. The van der Waals surface area contributed by atoms with Crippen molar-refractivity contribution in [2.45, 2.75) is 6.17 Å². The zero-order valence-corrected chi connectivity index (χ0v) is 15.2. The summed E-state index contributed by atoms with van der Waals surface area (Å²) in [6.07, 6.45) is -0.565. The Kier molecular flexibility index (Phi) is 4.50. The highest BCUT2D eigenvalue weighted by molar-refractivity contribution is 7.10. The number of anilines is 1. The third-order valence-corrected chi connectivity index (χ3v) is 5.23. The van der Waals surface area contributed by atoms with Crippen LogP contribution in [-0.4, -0.2) is 21.7 Å². The molecule has 8 nitrogen and oxygen atoms in total. The SMILES string of the molecule is O=C(NN1C(=O)c2ccccc2NC1c1cccs1)c1ccc([N+](=O)[O-])cc1. The van der Waals surface area contributed by atoms with Crippen LogP contribution in [0.15, 0.2) is 66.0 Å². The number of hydrogen-bond donors (Lipinski definition) is 2. The first-order valence-corrected chi connectivity index (χ1v) is 9.20. The summed E-state index contributed by atoms with van der Waals surface area (Å²) in [5, 5.41) is 17.2. The van der Waals surface area contributed by atoms with E-state index in [0.717, 1.165) is 4.88 Å². The number of amides is 2. The zero-order valence-electron chi connectivity index (χ0n) is 14.4. The van der Waals surface area contributed by atoms with E-state index in [-0.39, 0.29) is 17.2 Å². The van der Waals surface area contributed by atoms with E-state index in [4.69, 9.17) is 0 Å². The van der Waals surface area contributed by atoms with Crippen molar-refractivity contribution in [2.24, 2.45) is 0 Å². The van der Waals surface area contributed by atoms with Crippen LogP contribution in [0.5, 0.6) is 0 Å². The second-order valence-corrected chi connectivity index (χ2v) is 7.01. The monoisotopic (exact) mass is 394 g/mol. The van der Waals surface area contributed by atoms with Gasteiger partial charge in [0.1, 0.15) is 0 Å². The molecule has 2 amide bonds. The van der Waals surface area contributed by atoms with Gasteiger partial charge in [-0.3, -0.25) is 25.1 Å². The molecule has 1 aliphatic heterocycles. The van der Waals surface area contributed by atoms with Crippen molar-refractivity contribution in [3.05, 3.63) is 92.2 Å². The van der Waals surface area contributed by atoms with Gasteiger partial charge in [0.2, 0.25) is 0 Å². The van der Waals surface area contributed by atoms with Gasteiger partial charge in [0, 0.05) is 28.3 Å². The van der Waals surface area contributed by atoms with Crippen molar-refractivity contribution < 1.29 is 14.5 Å². The van der Waals surface area contributed by atoms with Crippen molar-refractivity contribution in [1.82, 2.24) is 10.4 Å². The fraction of sp³-hybridized carbons (Fsp3) is 0.0526. The second-order valence-electron chi connectivity index (χ2n) is 6.03. The number of hydrazine groups is 1. The molecule has 0 spiro atoms. The van der Waals surface area contributed by atoms with Gasteiger partial charge in [-0.05, 0) is 35.7 Å². The van der Waals surface area contributed by atoms with Gasteiger partial charge in [-0.15, -0.1) is 11.3 Å². The van der Waals surface area contributed by atoms with Gasteiger partial charge in [-0.2, -0.15) is 0 Å². The molecule has 140 valence electrons. The Labute approximate surface area is 163 Å². The van der Waals surface area contributed by atoms with E-state index in [0.29, 0.717) is 11.3 Å². The summed E-state index contributed by atoms with van der Waals surface area (Å²) in [6.45, 7) is 0. The molecule has 9 heteroatoms.